The fraction of sp³-hybridized carbons (Fsp3) is 0.0625. The first-order chi connectivity index (χ1) is 10.1. The second-order valence-corrected chi connectivity index (χ2v) is 5.74. The molecule has 0 saturated carbocycles. The first-order valence-corrected chi connectivity index (χ1v) is 7.22. The Hall–Kier alpha value is -2.14. The third-order valence-corrected chi connectivity index (χ3v) is 3.88. The number of anilines is 1. The number of benzene rings is 2. The quantitative estimate of drug-likeness (QED) is 0.716. The van der Waals surface area contributed by atoms with Gasteiger partial charge in [-0.1, -0.05) is 34.1 Å². The number of nitrogen functional groups attached to an aromatic ring is 1. The van der Waals surface area contributed by atoms with Gasteiger partial charge in [-0.15, -0.1) is 0 Å². The smallest absolute Gasteiger partial charge is 0.153 e. The van der Waals surface area contributed by atoms with Crippen LogP contribution in [-0.4, -0.2) is 10.2 Å². The topological polar surface area (TPSA) is 54.7 Å². The van der Waals surface area contributed by atoms with E-state index in [0.29, 0.717) is 5.82 Å². The zero-order chi connectivity index (χ0) is 15.0. The lowest BCUT2D eigenvalue weighted by Gasteiger charge is -2.08. The highest BCUT2D eigenvalue weighted by Gasteiger charge is 2.16. The SMILES string of the molecule is Cc1cc(Br)ccc1-c1[nH]nc(N)c1-c1ccc(F)cc1. The molecule has 0 aliphatic rings. The van der Waals surface area contributed by atoms with E-state index in [-0.39, 0.29) is 5.82 Å². The second kappa shape index (κ2) is 5.33. The van der Waals surface area contributed by atoms with Gasteiger partial charge in [-0.3, -0.25) is 5.10 Å². The van der Waals surface area contributed by atoms with Crippen LogP contribution in [0.2, 0.25) is 0 Å². The molecule has 3 rings (SSSR count). The molecule has 0 amide bonds. The minimum atomic E-state index is -0.276. The van der Waals surface area contributed by atoms with Crippen LogP contribution >= 0.6 is 15.9 Å². The van der Waals surface area contributed by atoms with Crippen molar-refractivity contribution in [1.29, 1.82) is 0 Å². The van der Waals surface area contributed by atoms with Crippen molar-refractivity contribution in [2.75, 3.05) is 5.73 Å². The Bertz CT molecular complexity index is 794. The van der Waals surface area contributed by atoms with Crippen molar-refractivity contribution >= 4 is 21.7 Å². The van der Waals surface area contributed by atoms with E-state index in [1.807, 2.05) is 25.1 Å². The highest BCUT2D eigenvalue weighted by Crippen LogP contribution is 2.36. The summed E-state index contributed by atoms with van der Waals surface area (Å²) in [5.41, 5.74) is 10.6. The minimum absolute atomic E-state index is 0.276. The zero-order valence-corrected chi connectivity index (χ0v) is 12.9. The van der Waals surface area contributed by atoms with E-state index in [9.17, 15) is 4.39 Å². The molecule has 1 heterocycles. The van der Waals surface area contributed by atoms with Crippen molar-refractivity contribution in [2.45, 2.75) is 6.92 Å². The molecule has 106 valence electrons. The summed E-state index contributed by atoms with van der Waals surface area (Å²) in [5, 5.41) is 7.08. The molecule has 0 atom stereocenters. The van der Waals surface area contributed by atoms with Gasteiger partial charge in [0.15, 0.2) is 5.82 Å². The van der Waals surface area contributed by atoms with Crippen LogP contribution in [0.15, 0.2) is 46.9 Å². The molecule has 3 N–H and O–H groups in total. The normalized spacial score (nSPS) is 10.8. The average molecular weight is 346 g/mol. The number of nitrogens with one attached hydrogen (secondary N) is 1. The van der Waals surface area contributed by atoms with E-state index < -0.39 is 0 Å². The number of nitrogens with two attached hydrogens (primary N) is 1. The van der Waals surface area contributed by atoms with E-state index >= 15 is 0 Å². The third kappa shape index (κ3) is 2.56. The van der Waals surface area contributed by atoms with Gasteiger partial charge >= 0.3 is 0 Å². The molecule has 0 radical (unpaired) electrons. The summed E-state index contributed by atoms with van der Waals surface area (Å²) < 4.78 is 14.1. The van der Waals surface area contributed by atoms with Crippen LogP contribution in [0.5, 0.6) is 0 Å². The summed E-state index contributed by atoms with van der Waals surface area (Å²) in [6.07, 6.45) is 0. The molecule has 0 saturated heterocycles. The van der Waals surface area contributed by atoms with Crippen molar-refractivity contribution in [3.63, 3.8) is 0 Å². The minimum Gasteiger partial charge on any atom is -0.382 e. The number of aromatic amines is 1. The maximum absolute atomic E-state index is 13.1. The van der Waals surface area contributed by atoms with Gasteiger partial charge in [-0.25, -0.2) is 4.39 Å². The van der Waals surface area contributed by atoms with Gasteiger partial charge in [0.05, 0.1) is 11.3 Å². The number of halogens is 2. The maximum Gasteiger partial charge on any atom is 0.153 e. The number of hydrogen-bond acceptors (Lipinski definition) is 2. The molecule has 0 bridgehead atoms. The van der Waals surface area contributed by atoms with Crippen molar-refractivity contribution in [3.05, 3.63) is 58.3 Å². The summed E-state index contributed by atoms with van der Waals surface area (Å²) in [6.45, 7) is 2.02. The Morgan fingerprint density at radius 1 is 1.14 bits per heavy atom. The fourth-order valence-corrected chi connectivity index (χ4v) is 2.84. The Balaban J connectivity index is 2.19. The van der Waals surface area contributed by atoms with Gasteiger partial charge in [0.2, 0.25) is 0 Å². The van der Waals surface area contributed by atoms with Crippen molar-refractivity contribution in [3.8, 4) is 22.4 Å². The molecule has 1 aromatic heterocycles. The molecule has 0 unspecified atom stereocenters. The number of nitrogens with zero attached hydrogens (tertiary/aromatic N) is 1. The number of aromatic nitrogens is 2. The molecule has 0 fully saturated rings. The lowest BCUT2D eigenvalue weighted by Crippen LogP contribution is -1.90. The number of H-pyrrole nitrogens is 1. The van der Waals surface area contributed by atoms with Crippen LogP contribution in [0.4, 0.5) is 10.2 Å². The zero-order valence-electron chi connectivity index (χ0n) is 11.3. The predicted octanol–water partition coefficient (Wildman–Crippen LogP) is 4.54. The molecule has 21 heavy (non-hydrogen) atoms. The highest BCUT2D eigenvalue weighted by atomic mass is 79.9. The van der Waals surface area contributed by atoms with Crippen LogP contribution in [0, 0.1) is 12.7 Å². The summed E-state index contributed by atoms with van der Waals surface area (Å²) in [6, 6.07) is 12.2. The number of hydrogen-bond donors (Lipinski definition) is 2. The van der Waals surface area contributed by atoms with E-state index in [0.717, 1.165) is 32.4 Å². The molecule has 2 aromatic carbocycles. The average Bonchev–Trinajstić information content (AvgIpc) is 2.82. The van der Waals surface area contributed by atoms with Crippen LogP contribution in [0.1, 0.15) is 5.56 Å². The van der Waals surface area contributed by atoms with E-state index in [1.165, 1.54) is 12.1 Å². The van der Waals surface area contributed by atoms with Crippen LogP contribution in [0.25, 0.3) is 22.4 Å². The molecule has 0 aliphatic carbocycles. The second-order valence-electron chi connectivity index (χ2n) is 4.82. The summed E-state index contributed by atoms with van der Waals surface area (Å²) in [5.74, 6) is 0.126. The largest absolute Gasteiger partial charge is 0.382 e. The molecular formula is C16H13BrFN3. The lowest BCUT2D eigenvalue weighted by atomic mass is 9.98. The molecule has 3 aromatic rings. The fourth-order valence-electron chi connectivity index (χ4n) is 2.37. The van der Waals surface area contributed by atoms with Gasteiger partial charge in [0, 0.05) is 10.0 Å². The number of aryl methyl sites for hydroxylation is 1. The van der Waals surface area contributed by atoms with E-state index in [1.54, 1.807) is 12.1 Å². The van der Waals surface area contributed by atoms with E-state index in [4.69, 9.17) is 5.73 Å². The molecule has 0 spiro atoms. The van der Waals surface area contributed by atoms with E-state index in [2.05, 4.69) is 26.1 Å². The van der Waals surface area contributed by atoms with Gasteiger partial charge in [0.1, 0.15) is 5.82 Å². The standard InChI is InChI=1S/C16H13BrFN3/c1-9-8-11(17)4-7-13(9)15-14(16(19)21-20-15)10-2-5-12(18)6-3-10/h2-8H,1H3,(H3,19,20,21). The summed E-state index contributed by atoms with van der Waals surface area (Å²) in [4.78, 5) is 0. The molecule has 5 heteroatoms. The van der Waals surface area contributed by atoms with Crippen LogP contribution in [-0.2, 0) is 0 Å². The Kier molecular flexibility index (Phi) is 3.51. The predicted molar refractivity (Wildman–Crippen MR) is 86.3 cm³/mol. The Labute approximate surface area is 130 Å². The van der Waals surface area contributed by atoms with Crippen LogP contribution in [0.3, 0.4) is 0 Å². The van der Waals surface area contributed by atoms with Gasteiger partial charge in [-0.05, 0) is 42.3 Å². The highest BCUT2D eigenvalue weighted by molar-refractivity contribution is 9.10. The van der Waals surface area contributed by atoms with Gasteiger partial charge < -0.3 is 5.73 Å². The molecular weight excluding hydrogens is 333 g/mol. The lowest BCUT2D eigenvalue weighted by molar-refractivity contribution is 0.628. The Morgan fingerprint density at radius 2 is 1.86 bits per heavy atom. The first kappa shape index (κ1) is 13.8. The monoisotopic (exact) mass is 345 g/mol. The van der Waals surface area contributed by atoms with Crippen molar-refractivity contribution < 1.29 is 4.39 Å². The van der Waals surface area contributed by atoms with Gasteiger partial charge in [0.25, 0.3) is 0 Å². The third-order valence-electron chi connectivity index (χ3n) is 3.38. The first-order valence-electron chi connectivity index (χ1n) is 6.42. The summed E-state index contributed by atoms with van der Waals surface area (Å²) >= 11 is 3.45. The van der Waals surface area contributed by atoms with Gasteiger partial charge in [-0.2, -0.15) is 5.10 Å². The Morgan fingerprint density at radius 3 is 2.52 bits per heavy atom. The number of rotatable bonds is 2. The summed E-state index contributed by atoms with van der Waals surface area (Å²) in [7, 11) is 0. The molecule has 0 aliphatic heterocycles. The van der Waals surface area contributed by atoms with Crippen LogP contribution < -0.4 is 5.73 Å². The van der Waals surface area contributed by atoms with Crippen molar-refractivity contribution in [2.24, 2.45) is 0 Å². The molecule has 3 nitrogen and oxygen atoms in total. The maximum atomic E-state index is 13.1. The van der Waals surface area contributed by atoms with Crippen molar-refractivity contribution in [1.82, 2.24) is 10.2 Å².